The molecule has 0 aromatic heterocycles. The third-order valence-corrected chi connectivity index (χ3v) is 1.44. The minimum atomic E-state index is 0.487. The highest BCUT2D eigenvalue weighted by Crippen LogP contribution is 2.24. The van der Waals surface area contributed by atoms with Crippen LogP contribution in [0, 0.1) is 6.07 Å². The summed E-state index contributed by atoms with van der Waals surface area (Å²) in [5, 5.41) is 0.487. The van der Waals surface area contributed by atoms with Gasteiger partial charge in [0.25, 0.3) is 0 Å². The van der Waals surface area contributed by atoms with E-state index < -0.39 is 0 Å². The number of hydrogen-bond donors (Lipinski definition) is 0. The molecule has 0 atom stereocenters. The third kappa shape index (κ3) is 2.02. The van der Waals surface area contributed by atoms with E-state index in [0.29, 0.717) is 16.5 Å². The highest BCUT2D eigenvalue weighted by molar-refractivity contribution is 6.30. The molecule has 1 rings (SSSR count). The van der Waals surface area contributed by atoms with Crippen molar-refractivity contribution in [3.63, 3.8) is 0 Å². The highest BCUT2D eigenvalue weighted by Gasteiger charge is 1.98. The van der Waals surface area contributed by atoms with Crippen LogP contribution in [-0.4, -0.2) is 14.2 Å². The summed E-state index contributed by atoms with van der Waals surface area (Å²) in [5.41, 5.74) is 0. The first-order valence-electron chi connectivity index (χ1n) is 3.07. The van der Waals surface area contributed by atoms with Crippen molar-refractivity contribution in [2.75, 3.05) is 14.2 Å². The normalized spacial score (nSPS) is 9.36. The predicted molar refractivity (Wildman–Crippen MR) is 43.4 cm³/mol. The maximum atomic E-state index is 5.69. The monoisotopic (exact) mass is 171 g/mol. The molecule has 0 amide bonds. The van der Waals surface area contributed by atoms with Gasteiger partial charge in [0.2, 0.25) is 0 Å². The highest BCUT2D eigenvalue weighted by atomic mass is 35.5. The molecular formula is C8H8ClO2. The molecule has 1 radical (unpaired) electrons. The molecule has 0 spiro atoms. The average Bonchev–Trinajstić information content (AvgIpc) is 2.03. The second kappa shape index (κ2) is 3.49. The summed E-state index contributed by atoms with van der Waals surface area (Å²) < 4.78 is 9.87. The van der Waals surface area contributed by atoms with Crippen LogP contribution in [0.5, 0.6) is 11.5 Å². The fourth-order valence-electron chi connectivity index (χ4n) is 0.713. The first-order valence-corrected chi connectivity index (χ1v) is 3.45. The molecule has 0 bridgehead atoms. The molecule has 0 heterocycles. The Morgan fingerprint density at radius 1 is 1.27 bits per heavy atom. The van der Waals surface area contributed by atoms with Gasteiger partial charge in [-0.3, -0.25) is 0 Å². The number of halogens is 1. The second-order valence-electron chi connectivity index (χ2n) is 1.94. The first-order chi connectivity index (χ1) is 5.26. The van der Waals surface area contributed by atoms with Gasteiger partial charge in [0.1, 0.15) is 11.5 Å². The molecule has 2 nitrogen and oxygen atoms in total. The Balaban J connectivity index is 3.02. The van der Waals surface area contributed by atoms with Crippen LogP contribution < -0.4 is 9.47 Å². The lowest BCUT2D eigenvalue weighted by Gasteiger charge is -2.03. The topological polar surface area (TPSA) is 18.5 Å². The van der Waals surface area contributed by atoms with Crippen molar-refractivity contribution >= 4 is 11.6 Å². The van der Waals surface area contributed by atoms with E-state index in [0.717, 1.165) is 0 Å². The number of ether oxygens (including phenoxy) is 2. The Morgan fingerprint density at radius 2 is 2.00 bits per heavy atom. The molecule has 59 valence electrons. The van der Waals surface area contributed by atoms with Crippen molar-refractivity contribution in [3.05, 3.63) is 23.2 Å². The van der Waals surface area contributed by atoms with Gasteiger partial charge < -0.3 is 9.47 Å². The second-order valence-corrected chi connectivity index (χ2v) is 2.34. The molecule has 3 heteroatoms. The van der Waals surface area contributed by atoms with Gasteiger partial charge in [-0.1, -0.05) is 11.6 Å². The lowest BCUT2D eigenvalue weighted by Crippen LogP contribution is -1.86. The van der Waals surface area contributed by atoms with E-state index in [2.05, 4.69) is 6.07 Å². The van der Waals surface area contributed by atoms with Crippen molar-refractivity contribution in [2.45, 2.75) is 0 Å². The van der Waals surface area contributed by atoms with Crippen LogP contribution >= 0.6 is 11.6 Å². The zero-order valence-corrected chi connectivity index (χ0v) is 7.11. The molecule has 0 saturated carbocycles. The van der Waals surface area contributed by atoms with Crippen LogP contribution in [0.25, 0.3) is 0 Å². The van der Waals surface area contributed by atoms with Crippen LogP contribution in [-0.2, 0) is 0 Å². The largest absolute Gasteiger partial charge is 0.497 e. The zero-order chi connectivity index (χ0) is 8.27. The number of rotatable bonds is 2. The van der Waals surface area contributed by atoms with Crippen molar-refractivity contribution in [2.24, 2.45) is 0 Å². The summed E-state index contributed by atoms with van der Waals surface area (Å²) in [6.07, 6.45) is 0. The van der Waals surface area contributed by atoms with Gasteiger partial charge in [0.15, 0.2) is 0 Å². The molecule has 0 aliphatic rings. The quantitative estimate of drug-likeness (QED) is 0.679. The van der Waals surface area contributed by atoms with Crippen LogP contribution in [0.2, 0.25) is 5.02 Å². The molecule has 0 saturated heterocycles. The lowest BCUT2D eigenvalue weighted by molar-refractivity contribution is 0.394. The van der Waals surface area contributed by atoms with Gasteiger partial charge in [-0.15, -0.1) is 0 Å². The Bertz CT molecular complexity index is 226. The molecule has 0 unspecified atom stereocenters. The van der Waals surface area contributed by atoms with E-state index in [9.17, 15) is 0 Å². The van der Waals surface area contributed by atoms with E-state index in [4.69, 9.17) is 21.1 Å². The Labute approximate surface area is 70.7 Å². The minimum Gasteiger partial charge on any atom is -0.497 e. The number of hydrogen-bond acceptors (Lipinski definition) is 2. The van der Waals surface area contributed by atoms with Crippen LogP contribution in [0.1, 0.15) is 0 Å². The Kier molecular flexibility index (Phi) is 2.60. The van der Waals surface area contributed by atoms with E-state index in [1.54, 1.807) is 26.4 Å². The standard InChI is InChI=1S/C8H8ClO2/c1-10-7-3-6(9)4-8(5-7)11-2/h3,5H,1-2H3. The summed E-state index contributed by atoms with van der Waals surface area (Å²) in [7, 11) is 3.13. The molecule has 0 aliphatic heterocycles. The lowest BCUT2D eigenvalue weighted by atomic mass is 10.3. The summed E-state index contributed by atoms with van der Waals surface area (Å²) in [4.78, 5) is 0. The van der Waals surface area contributed by atoms with Crippen molar-refractivity contribution < 1.29 is 9.47 Å². The summed E-state index contributed by atoms with van der Waals surface area (Å²) in [5.74, 6) is 1.25. The Hall–Kier alpha value is -0.890. The maximum absolute atomic E-state index is 5.69. The predicted octanol–water partition coefficient (Wildman–Crippen LogP) is 2.16. The van der Waals surface area contributed by atoms with Gasteiger partial charge in [-0.2, -0.15) is 0 Å². The van der Waals surface area contributed by atoms with Gasteiger partial charge >= 0.3 is 0 Å². The summed E-state index contributed by atoms with van der Waals surface area (Å²) in [6, 6.07) is 6.18. The molecule has 0 aliphatic carbocycles. The molecule has 1 aromatic carbocycles. The van der Waals surface area contributed by atoms with E-state index in [1.165, 1.54) is 0 Å². The SMILES string of the molecule is COc1[c]c(Cl)cc(OC)c1. The van der Waals surface area contributed by atoms with Crippen molar-refractivity contribution in [1.29, 1.82) is 0 Å². The summed E-state index contributed by atoms with van der Waals surface area (Å²) in [6.45, 7) is 0. The van der Waals surface area contributed by atoms with Crippen LogP contribution in [0.15, 0.2) is 12.1 Å². The molecule has 11 heavy (non-hydrogen) atoms. The van der Waals surface area contributed by atoms with Crippen molar-refractivity contribution in [1.82, 2.24) is 0 Å². The number of benzene rings is 1. The fraction of sp³-hybridized carbons (Fsp3) is 0.250. The van der Waals surface area contributed by atoms with Crippen LogP contribution in [0.4, 0.5) is 0 Å². The summed E-state index contributed by atoms with van der Waals surface area (Å²) >= 11 is 5.69. The molecule has 0 fully saturated rings. The molecule has 0 N–H and O–H groups in total. The van der Waals surface area contributed by atoms with E-state index >= 15 is 0 Å². The third-order valence-electron chi connectivity index (χ3n) is 1.24. The zero-order valence-electron chi connectivity index (χ0n) is 6.35. The maximum Gasteiger partial charge on any atom is 0.132 e. The van der Waals surface area contributed by atoms with Gasteiger partial charge in [-0.25, -0.2) is 0 Å². The fourth-order valence-corrected chi connectivity index (χ4v) is 0.914. The minimum absolute atomic E-state index is 0.487. The Morgan fingerprint density at radius 3 is 2.55 bits per heavy atom. The smallest absolute Gasteiger partial charge is 0.132 e. The van der Waals surface area contributed by atoms with Crippen molar-refractivity contribution in [3.8, 4) is 11.5 Å². The first kappa shape index (κ1) is 8.21. The average molecular weight is 172 g/mol. The molecular weight excluding hydrogens is 164 g/mol. The molecule has 1 aromatic rings. The van der Waals surface area contributed by atoms with Crippen LogP contribution in [0.3, 0.4) is 0 Å². The van der Waals surface area contributed by atoms with Gasteiger partial charge in [-0.05, 0) is 6.07 Å². The van der Waals surface area contributed by atoms with Gasteiger partial charge in [0.05, 0.1) is 19.2 Å². The van der Waals surface area contributed by atoms with E-state index in [1.807, 2.05) is 0 Å². The van der Waals surface area contributed by atoms with E-state index in [-0.39, 0.29) is 0 Å². The number of methoxy groups -OCH3 is 2. The van der Waals surface area contributed by atoms with Gasteiger partial charge in [0, 0.05) is 12.1 Å².